The molecule has 0 saturated carbocycles. The Hall–Kier alpha value is -3.00. The summed E-state index contributed by atoms with van der Waals surface area (Å²) in [6.45, 7) is 2.83. The fourth-order valence-corrected chi connectivity index (χ4v) is 6.41. The minimum atomic E-state index is -3.66. The van der Waals surface area contributed by atoms with Crippen molar-refractivity contribution in [3.8, 4) is 5.75 Å². The number of rotatable bonds is 8. The Balaban J connectivity index is 1.65. The number of nitrogens with zero attached hydrogens (tertiary/aromatic N) is 3. The van der Waals surface area contributed by atoms with Crippen molar-refractivity contribution in [3.05, 3.63) is 40.3 Å². The molecule has 36 heavy (non-hydrogen) atoms. The molecule has 3 rings (SSSR count). The van der Waals surface area contributed by atoms with Crippen LogP contribution in [0.15, 0.2) is 29.2 Å². The van der Waals surface area contributed by atoms with E-state index in [2.05, 4.69) is 5.32 Å². The second kappa shape index (κ2) is 11.4. The summed E-state index contributed by atoms with van der Waals surface area (Å²) in [6, 6.07) is 6.20. The lowest BCUT2D eigenvalue weighted by Gasteiger charge is -2.33. The maximum absolute atomic E-state index is 12.9. The third kappa shape index (κ3) is 5.86. The number of thiophene rings is 1. The number of hydrogen-bond acceptors (Lipinski definition) is 9. The van der Waals surface area contributed by atoms with Crippen molar-refractivity contribution >= 4 is 44.1 Å². The van der Waals surface area contributed by atoms with Crippen molar-refractivity contribution in [2.24, 2.45) is 0 Å². The molecule has 1 aliphatic heterocycles. The fourth-order valence-electron chi connectivity index (χ4n) is 3.75. The molecule has 13 heteroatoms. The molecule has 1 fully saturated rings. The third-order valence-electron chi connectivity index (χ3n) is 5.79. The molecule has 1 N–H and O–H groups in total. The summed E-state index contributed by atoms with van der Waals surface area (Å²) >= 11 is 1.02. The van der Waals surface area contributed by atoms with Crippen molar-refractivity contribution < 1.29 is 32.3 Å². The van der Waals surface area contributed by atoms with E-state index in [1.54, 1.807) is 33.2 Å². The summed E-state index contributed by atoms with van der Waals surface area (Å²) in [5.41, 5.74) is 0.592. The molecule has 0 bridgehead atoms. The number of ether oxygens (including phenoxy) is 2. The van der Waals surface area contributed by atoms with E-state index >= 15 is 0 Å². The predicted molar refractivity (Wildman–Crippen MR) is 135 cm³/mol. The first-order valence-electron chi connectivity index (χ1n) is 11.1. The molecule has 0 unspecified atom stereocenters. The predicted octanol–water partition coefficient (Wildman–Crippen LogP) is 1.50. The van der Waals surface area contributed by atoms with E-state index in [1.807, 2.05) is 4.90 Å². The minimum absolute atomic E-state index is 0.00490. The SMILES string of the molecule is COC(=O)c1c(NC(=O)CN2CCN(S(=O)(=O)c3ccc(OC)cc3)CC2)sc(C(=O)N(C)C)c1C. The van der Waals surface area contributed by atoms with Gasteiger partial charge in [0, 0.05) is 40.3 Å². The van der Waals surface area contributed by atoms with Gasteiger partial charge in [0.05, 0.1) is 36.1 Å². The zero-order valence-corrected chi connectivity index (χ0v) is 22.5. The van der Waals surface area contributed by atoms with Gasteiger partial charge in [0.15, 0.2) is 0 Å². The maximum Gasteiger partial charge on any atom is 0.341 e. The highest BCUT2D eigenvalue weighted by atomic mass is 32.2. The molecule has 1 aromatic heterocycles. The fraction of sp³-hybridized carbons (Fsp3) is 0.435. The molecule has 1 aliphatic rings. The molecule has 0 spiro atoms. The zero-order chi connectivity index (χ0) is 26.6. The van der Waals surface area contributed by atoms with Crippen LogP contribution < -0.4 is 10.1 Å². The summed E-state index contributed by atoms with van der Waals surface area (Å²) in [7, 11) is 2.29. The van der Waals surface area contributed by atoms with Crippen molar-refractivity contribution in [2.75, 3.05) is 66.4 Å². The second-order valence-corrected chi connectivity index (χ2v) is 11.3. The topological polar surface area (TPSA) is 126 Å². The number of carbonyl (C=O) groups is 3. The van der Waals surface area contributed by atoms with Crippen LogP contribution in [0.25, 0.3) is 0 Å². The lowest BCUT2D eigenvalue weighted by molar-refractivity contribution is -0.117. The monoisotopic (exact) mass is 538 g/mol. The van der Waals surface area contributed by atoms with Gasteiger partial charge >= 0.3 is 5.97 Å². The van der Waals surface area contributed by atoms with Gasteiger partial charge in [-0.05, 0) is 36.8 Å². The Morgan fingerprint density at radius 3 is 2.19 bits per heavy atom. The Bertz CT molecular complexity index is 1230. The summed E-state index contributed by atoms with van der Waals surface area (Å²) < 4.78 is 37.2. The smallest absolute Gasteiger partial charge is 0.341 e. The van der Waals surface area contributed by atoms with Crippen LogP contribution in [0, 0.1) is 6.92 Å². The van der Waals surface area contributed by atoms with Gasteiger partial charge in [-0.3, -0.25) is 14.5 Å². The summed E-state index contributed by atoms with van der Waals surface area (Å²) in [5, 5.41) is 2.97. The van der Waals surface area contributed by atoms with E-state index in [4.69, 9.17) is 9.47 Å². The molecule has 11 nitrogen and oxygen atoms in total. The number of methoxy groups -OCH3 is 2. The van der Waals surface area contributed by atoms with Gasteiger partial charge in [0.25, 0.3) is 5.91 Å². The van der Waals surface area contributed by atoms with E-state index < -0.39 is 16.0 Å². The van der Waals surface area contributed by atoms with Crippen molar-refractivity contribution in [1.82, 2.24) is 14.1 Å². The Kier molecular flexibility index (Phi) is 8.71. The van der Waals surface area contributed by atoms with Gasteiger partial charge in [0.2, 0.25) is 15.9 Å². The summed E-state index contributed by atoms with van der Waals surface area (Å²) in [5.74, 6) is -0.734. The molecule has 0 atom stereocenters. The number of sulfonamides is 1. The Morgan fingerprint density at radius 2 is 1.67 bits per heavy atom. The minimum Gasteiger partial charge on any atom is -0.497 e. The molecule has 2 amide bonds. The number of nitrogens with one attached hydrogen (secondary N) is 1. The van der Waals surface area contributed by atoms with Crippen LogP contribution in [0.2, 0.25) is 0 Å². The lowest BCUT2D eigenvalue weighted by Crippen LogP contribution is -2.50. The number of anilines is 1. The third-order valence-corrected chi connectivity index (χ3v) is 8.89. The molecule has 196 valence electrons. The number of esters is 1. The zero-order valence-electron chi connectivity index (χ0n) is 20.9. The van der Waals surface area contributed by atoms with E-state index in [0.717, 1.165) is 11.3 Å². The number of piperazine rings is 1. The second-order valence-electron chi connectivity index (χ2n) is 8.36. The van der Waals surface area contributed by atoms with Crippen LogP contribution in [-0.2, 0) is 19.6 Å². The van der Waals surface area contributed by atoms with Crippen LogP contribution in [0.3, 0.4) is 0 Å². The molecule has 2 heterocycles. The van der Waals surface area contributed by atoms with Crippen LogP contribution in [-0.4, -0.2) is 101 Å². The summed E-state index contributed by atoms with van der Waals surface area (Å²) in [4.78, 5) is 41.4. The quantitative estimate of drug-likeness (QED) is 0.502. The standard InChI is InChI=1S/C23H30N4O7S2/c1-15-19(23(30)34-5)21(35-20(15)22(29)25(2)3)24-18(28)14-26-10-12-27(13-11-26)36(31,32)17-8-6-16(33-4)7-9-17/h6-9H,10-14H2,1-5H3,(H,24,28). The average Bonchev–Trinajstić information content (AvgIpc) is 3.18. The van der Waals surface area contributed by atoms with Crippen LogP contribution >= 0.6 is 11.3 Å². The van der Waals surface area contributed by atoms with Crippen molar-refractivity contribution in [1.29, 1.82) is 0 Å². The first kappa shape index (κ1) is 27.6. The van der Waals surface area contributed by atoms with Crippen LogP contribution in [0.4, 0.5) is 5.00 Å². The number of hydrogen-bond donors (Lipinski definition) is 1. The van der Waals surface area contributed by atoms with Gasteiger partial charge in [-0.15, -0.1) is 11.3 Å². The molecule has 0 aliphatic carbocycles. The molecule has 1 saturated heterocycles. The molecule has 1 aromatic carbocycles. The number of amides is 2. The van der Waals surface area contributed by atoms with Gasteiger partial charge in [-0.2, -0.15) is 4.31 Å². The lowest BCUT2D eigenvalue weighted by atomic mass is 10.1. The molecule has 2 aromatic rings. The number of benzene rings is 1. The van der Waals surface area contributed by atoms with E-state index in [1.165, 1.54) is 35.6 Å². The van der Waals surface area contributed by atoms with E-state index in [9.17, 15) is 22.8 Å². The normalized spacial score (nSPS) is 14.8. The van der Waals surface area contributed by atoms with Gasteiger partial charge < -0.3 is 19.7 Å². The first-order valence-corrected chi connectivity index (χ1v) is 13.3. The maximum atomic E-state index is 12.9. The first-order chi connectivity index (χ1) is 17.0. The van der Waals surface area contributed by atoms with Crippen LogP contribution in [0.5, 0.6) is 5.75 Å². The van der Waals surface area contributed by atoms with Crippen molar-refractivity contribution in [2.45, 2.75) is 11.8 Å². The summed E-state index contributed by atoms with van der Waals surface area (Å²) in [6.07, 6.45) is 0. The van der Waals surface area contributed by atoms with Crippen molar-refractivity contribution in [3.63, 3.8) is 0 Å². The Labute approximate surface area is 214 Å². The Morgan fingerprint density at radius 1 is 1.06 bits per heavy atom. The van der Waals surface area contributed by atoms with Gasteiger partial charge in [-0.1, -0.05) is 0 Å². The highest BCUT2D eigenvalue weighted by Crippen LogP contribution is 2.34. The molecular formula is C23H30N4O7S2. The number of carbonyl (C=O) groups excluding carboxylic acids is 3. The molecule has 0 radical (unpaired) electrons. The average molecular weight is 539 g/mol. The molecular weight excluding hydrogens is 508 g/mol. The highest BCUT2D eigenvalue weighted by molar-refractivity contribution is 7.89. The van der Waals surface area contributed by atoms with E-state index in [0.29, 0.717) is 29.3 Å². The largest absolute Gasteiger partial charge is 0.497 e. The highest BCUT2D eigenvalue weighted by Gasteiger charge is 2.30. The van der Waals surface area contributed by atoms with Crippen LogP contribution in [0.1, 0.15) is 25.6 Å². The van der Waals surface area contributed by atoms with Gasteiger partial charge in [-0.25, -0.2) is 13.2 Å². The van der Waals surface area contributed by atoms with Gasteiger partial charge in [0.1, 0.15) is 10.8 Å². The van der Waals surface area contributed by atoms with E-state index in [-0.39, 0.29) is 46.9 Å².